The van der Waals surface area contributed by atoms with Gasteiger partial charge in [0.2, 0.25) is 0 Å². The molecule has 0 aromatic heterocycles. The molecule has 0 aromatic rings. The van der Waals surface area contributed by atoms with Gasteiger partial charge in [0.15, 0.2) is 0 Å². The molecular formula is C10H18N2O5SSe. The van der Waals surface area contributed by atoms with Crippen LogP contribution < -0.4 is 11.5 Å². The van der Waals surface area contributed by atoms with Gasteiger partial charge in [0.05, 0.1) is 0 Å². The van der Waals surface area contributed by atoms with E-state index in [0.717, 1.165) is 0 Å². The molecule has 7 nitrogen and oxygen atoms in total. The summed E-state index contributed by atoms with van der Waals surface area (Å²) in [5, 5.41) is 17.7. The molecule has 0 rings (SSSR count). The molecule has 0 radical (unpaired) electrons. The molecule has 0 bridgehead atoms. The first-order valence-electron chi connectivity index (χ1n) is 5.53. The normalized spacial score (nSPS) is 15.5. The maximum absolute atomic E-state index is 11.3. The number of carboxylic acid groups (broad SMARTS) is 2. The van der Waals surface area contributed by atoms with Crippen LogP contribution in [-0.4, -0.2) is 63.8 Å². The SMILES string of the molecule is CCC(=O)[Se]C(N)(CCSCC(N)C(=O)O)C(=O)O. The quantitative estimate of drug-likeness (QED) is 0.285. The number of carbonyl (C=O) groups is 3. The fourth-order valence-corrected chi connectivity index (χ4v) is 4.07. The number of carbonyl (C=O) groups excluding carboxylic acids is 1. The van der Waals surface area contributed by atoms with Gasteiger partial charge in [-0.1, -0.05) is 0 Å². The summed E-state index contributed by atoms with van der Waals surface area (Å²) in [5.41, 5.74) is 11.1. The van der Waals surface area contributed by atoms with Gasteiger partial charge in [0.1, 0.15) is 0 Å². The summed E-state index contributed by atoms with van der Waals surface area (Å²) in [6, 6.07) is -0.982. The van der Waals surface area contributed by atoms with Gasteiger partial charge in [0, 0.05) is 0 Å². The molecule has 0 aromatic carbocycles. The average Bonchev–Trinajstić information content (AvgIpc) is 2.33. The zero-order chi connectivity index (χ0) is 15.1. The van der Waals surface area contributed by atoms with Gasteiger partial charge in [-0.2, -0.15) is 0 Å². The Morgan fingerprint density at radius 3 is 2.37 bits per heavy atom. The van der Waals surface area contributed by atoms with E-state index in [1.165, 1.54) is 11.8 Å². The van der Waals surface area contributed by atoms with Crippen molar-refractivity contribution in [2.75, 3.05) is 11.5 Å². The van der Waals surface area contributed by atoms with E-state index in [1.54, 1.807) is 6.92 Å². The molecule has 0 saturated carbocycles. The Bertz CT molecular complexity index is 355. The Morgan fingerprint density at radius 2 is 1.95 bits per heavy atom. The molecule has 2 atom stereocenters. The van der Waals surface area contributed by atoms with Crippen LogP contribution in [-0.2, 0) is 14.4 Å². The van der Waals surface area contributed by atoms with E-state index in [0.29, 0.717) is 5.75 Å². The van der Waals surface area contributed by atoms with Crippen molar-refractivity contribution >= 4 is 43.3 Å². The van der Waals surface area contributed by atoms with Crippen molar-refractivity contribution in [1.29, 1.82) is 0 Å². The van der Waals surface area contributed by atoms with Crippen LogP contribution >= 0.6 is 11.8 Å². The number of aliphatic carboxylic acids is 2. The van der Waals surface area contributed by atoms with Crippen LogP contribution in [0.3, 0.4) is 0 Å². The predicted octanol–water partition coefficient (Wildman–Crippen LogP) is -1.10. The van der Waals surface area contributed by atoms with Crippen molar-refractivity contribution in [3.05, 3.63) is 0 Å². The first-order valence-corrected chi connectivity index (χ1v) is 8.40. The third-order valence-corrected chi connectivity index (χ3v) is 5.91. The van der Waals surface area contributed by atoms with E-state index in [4.69, 9.17) is 21.7 Å². The van der Waals surface area contributed by atoms with Crippen LogP contribution in [0.15, 0.2) is 0 Å². The summed E-state index contributed by atoms with van der Waals surface area (Å²) in [5.74, 6) is -1.77. The van der Waals surface area contributed by atoms with Crippen molar-refractivity contribution in [3.63, 3.8) is 0 Å². The van der Waals surface area contributed by atoms with E-state index in [2.05, 4.69) is 0 Å². The van der Waals surface area contributed by atoms with E-state index in [1.807, 2.05) is 0 Å². The van der Waals surface area contributed by atoms with E-state index in [-0.39, 0.29) is 23.3 Å². The van der Waals surface area contributed by atoms with Crippen molar-refractivity contribution in [2.45, 2.75) is 30.2 Å². The van der Waals surface area contributed by atoms with Crippen molar-refractivity contribution in [3.8, 4) is 0 Å². The van der Waals surface area contributed by atoms with Gasteiger partial charge >= 0.3 is 121 Å². The third-order valence-electron chi connectivity index (χ3n) is 2.18. The molecule has 0 aliphatic rings. The number of hydrogen-bond acceptors (Lipinski definition) is 6. The predicted molar refractivity (Wildman–Crippen MR) is 73.2 cm³/mol. The molecule has 110 valence electrons. The monoisotopic (exact) mass is 358 g/mol. The van der Waals surface area contributed by atoms with Crippen LogP contribution in [0, 0.1) is 0 Å². The topological polar surface area (TPSA) is 144 Å². The van der Waals surface area contributed by atoms with Crippen molar-refractivity contribution in [2.24, 2.45) is 11.5 Å². The molecule has 6 N–H and O–H groups in total. The van der Waals surface area contributed by atoms with Crippen LogP contribution in [0.5, 0.6) is 0 Å². The second-order valence-electron chi connectivity index (χ2n) is 3.79. The first kappa shape index (κ1) is 18.4. The van der Waals surface area contributed by atoms with Gasteiger partial charge in [0.25, 0.3) is 0 Å². The number of carboxylic acids is 2. The van der Waals surface area contributed by atoms with Crippen LogP contribution in [0.25, 0.3) is 0 Å². The second-order valence-corrected chi connectivity index (χ2v) is 7.85. The molecule has 0 aliphatic heterocycles. The molecule has 0 aliphatic carbocycles. The maximum atomic E-state index is 11.3. The molecule has 0 spiro atoms. The van der Waals surface area contributed by atoms with E-state index < -0.39 is 37.4 Å². The molecule has 0 saturated heterocycles. The second kappa shape index (κ2) is 8.55. The van der Waals surface area contributed by atoms with Gasteiger partial charge < -0.3 is 0 Å². The first-order chi connectivity index (χ1) is 8.73. The molecule has 0 amide bonds. The van der Waals surface area contributed by atoms with Gasteiger partial charge in [-0.05, 0) is 0 Å². The Morgan fingerprint density at radius 1 is 1.37 bits per heavy atom. The summed E-state index contributed by atoms with van der Waals surface area (Å²) in [4.78, 5) is 32.9. The molecule has 2 unspecified atom stereocenters. The van der Waals surface area contributed by atoms with Crippen LogP contribution in [0.4, 0.5) is 0 Å². The fourth-order valence-electron chi connectivity index (χ4n) is 0.982. The average molecular weight is 357 g/mol. The Kier molecular flexibility index (Phi) is 8.28. The Balaban J connectivity index is 4.26. The van der Waals surface area contributed by atoms with Gasteiger partial charge in [-0.15, -0.1) is 0 Å². The summed E-state index contributed by atoms with van der Waals surface area (Å²) >= 11 is 0.388. The molecule has 0 fully saturated rings. The van der Waals surface area contributed by atoms with Crippen LogP contribution in [0.1, 0.15) is 19.8 Å². The zero-order valence-corrected chi connectivity index (χ0v) is 13.0. The summed E-state index contributed by atoms with van der Waals surface area (Å²) in [6.07, 6.45) is 0.383. The molecule has 0 heterocycles. The molecular weight excluding hydrogens is 339 g/mol. The Hall–Kier alpha value is -0.601. The summed E-state index contributed by atoms with van der Waals surface area (Å²) < 4.78 is -1.68. The fraction of sp³-hybridized carbons (Fsp3) is 0.700. The summed E-state index contributed by atoms with van der Waals surface area (Å²) in [7, 11) is 0. The van der Waals surface area contributed by atoms with Gasteiger partial charge in [-0.25, -0.2) is 0 Å². The number of nitrogens with two attached hydrogens (primary N) is 2. The van der Waals surface area contributed by atoms with Crippen molar-refractivity contribution < 1.29 is 24.6 Å². The minimum atomic E-state index is -1.53. The number of thioether (sulfide) groups is 1. The minimum absolute atomic E-state index is 0.116. The molecule has 9 heteroatoms. The van der Waals surface area contributed by atoms with Crippen molar-refractivity contribution in [1.82, 2.24) is 0 Å². The zero-order valence-electron chi connectivity index (χ0n) is 10.5. The Labute approximate surface area is 121 Å². The summed E-state index contributed by atoms with van der Waals surface area (Å²) in [6.45, 7) is 1.66. The number of rotatable bonds is 10. The third kappa shape index (κ3) is 6.93. The van der Waals surface area contributed by atoms with E-state index in [9.17, 15) is 14.4 Å². The van der Waals surface area contributed by atoms with E-state index >= 15 is 0 Å². The van der Waals surface area contributed by atoms with Gasteiger partial charge in [-0.3, -0.25) is 0 Å². The molecule has 19 heavy (non-hydrogen) atoms. The van der Waals surface area contributed by atoms with Crippen LogP contribution in [0.2, 0.25) is 0 Å². The number of hydrogen-bond donors (Lipinski definition) is 4. The standard InChI is InChI=1S/C10H18N2O5SSe/c1-2-7(13)19-10(12,9(16)17)3-4-18-5-6(11)8(14)15/h6H,2-5,11-12H2,1H3,(H,14,15)(H,16,17).